The zero-order valence-corrected chi connectivity index (χ0v) is 7.49. The molecule has 1 aromatic rings. The first-order valence-electron chi connectivity index (χ1n) is 3.69. The maximum Gasteiger partial charge on any atom is 0.362 e. The number of nitrogens with zero attached hydrogens (tertiary/aromatic N) is 4. The maximum atomic E-state index is 10.6. The van der Waals surface area contributed by atoms with Gasteiger partial charge < -0.3 is 16.3 Å². The van der Waals surface area contributed by atoms with Crippen LogP contribution in [-0.2, 0) is 0 Å². The molecule has 0 saturated carbocycles. The Labute approximate surface area is 83.4 Å². The number of hydrogen-bond acceptors (Lipinski definition) is 8. The molecular formula is C5H9N7O3. The molecule has 0 aromatic carbocycles. The average Bonchev–Trinajstić information content (AvgIpc) is 2.63. The highest BCUT2D eigenvalue weighted by Gasteiger charge is 2.16. The number of hydrazine groups is 1. The van der Waals surface area contributed by atoms with Crippen LogP contribution in [-0.4, -0.2) is 39.4 Å². The van der Waals surface area contributed by atoms with Crippen molar-refractivity contribution in [1.82, 2.24) is 15.3 Å². The van der Waals surface area contributed by atoms with Gasteiger partial charge in [0.2, 0.25) is 11.5 Å². The normalized spacial score (nSPS) is 10.5. The Kier molecular flexibility index (Phi) is 3.40. The van der Waals surface area contributed by atoms with Crippen LogP contribution in [0.1, 0.15) is 10.5 Å². The first-order chi connectivity index (χ1) is 7.15. The van der Waals surface area contributed by atoms with Gasteiger partial charge in [-0.2, -0.15) is 5.10 Å². The highest BCUT2D eigenvalue weighted by molar-refractivity contribution is 5.90. The van der Waals surface area contributed by atoms with E-state index >= 15 is 0 Å². The molecule has 0 amide bonds. The van der Waals surface area contributed by atoms with Gasteiger partial charge in [-0.3, -0.25) is 5.01 Å². The predicted molar refractivity (Wildman–Crippen MR) is 48.5 cm³/mol. The standard InChI is InChI=1S/C5H9N7O3/c6-9-2-12(7)1-8-4-3(5(13)14)10-15-11-4/h2H,1,6-7H2,(H,8,11)(H,13,14)/b9-2-. The molecule has 0 radical (unpaired) electrons. The number of rotatable bonds is 5. The molecule has 1 heterocycles. The van der Waals surface area contributed by atoms with Crippen molar-refractivity contribution in [1.29, 1.82) is 0 Å². The molecule has 10 nitrogen and oxygen atoms in total. The van der Waals surface area contributed by atoms with Crippen molar-refractivity contribution in [3.05, 3.63) is 5.69 Å². The number of nitrogens with two attached hydrogens (primary N) is 2. The van der Waals surface area contributed by atoms with Gasteiger partial charge in [-0.05, 0) is 10.3 Å². The van der Waals surface area contributed by atoms with Crippen LogP contribution in [0.4, 0.5) is 5.82 Å². The Hall–Kier alpha value is -2.36. The minimum absolute atomic E-state index is 0.0247. The summed E-state index contributed by atoms with van der Waals surface area (Å²) in [7, 11) is 0. The topological polar surface area (TPSA) is 156 Å². The summed E-state index contributed by atoms with van der Waals surface area (Å²) in [6.07, 6.45) is 1.14. The molecule has 0 fully saturated rings. The third kappa shape index (κ3) is 2.80. The van der Waals surface area contributed by atoms with Gasteiger partial charge in [-0.25, -0.2) is 15.3 Å². The maximum absolute atomic E-state index is 10.6. The number of hydrogen-bond donors (Lipinski definition) is 4. The fourth-order valence-corrected chi connectivity index (χ4v) is 0.737. The molecule has 10 heteroatoms. The summed E-state index contributed by atoms with van der Waals surface area (Å²) in [5, 5.41) is 21.9. The Morgan fingerprint density at radius 2 is 2.47 bits per heavy atom. The van der Waals surface area contributed by atoms with E-state index in [0.29, 0.717) is 0 Å². The van der Waals surface area contributed by atoms with Crippen molar-refractivity contribution < 1.29 is 14.5 Å². The summed E-state index contributed by atoms with van der Waals surface area (Å²) in [4.78, 5) is 10.6. The molecule has 0 spiro atoms. The highest BCUT2D eigenvalue weighted by atomic mass is 16.6. The van der Waals surface area contributed by atoms with Gasteiger partial charge in [0.25, 0.3) is 0 Å². The lowest BCUT2D eigenvalue weighted by Gasteiger charge is -2.11. The molecule has 0 atom stereocenters. The molecular weight excluding hydrogens is 206 g/mol. The van der Waals surface area contributed by atoms with E-state index < -0.39 is 5.97 Å². The van der Waals surface area contributed by atoms with E-state index in [1.165, 1.54) is 0 Å². The first kappa shape index (κ1) is 10.7. The lowest BCUT2D eigenvalue weighted by molar-refractivity contribution is 0.0685. The van der Waals surface area contributed by atoms with Gasteiger partial charge >= 0.3 is 5.97 Å². The summed E-state index contributed by atoms with van der Waals surface area (Å²) in [5.74, 6) is 8.90. The van der Waals surface area contributed by atoms with Crippen molar-refractivity contribution in [3.63, 3.8) is 0 Å². The predicted octanol–water partition coefficient (Wildman–Crippen LogP) is -1.79. The lowest BCUT2D eigenvalue weighted by atomic mass is 10.4. The Bertz CT molecular complexity index is 361. The minimum atomic E-state index is -1.25. The minimum Gasteiger partial charge on any atom is -0.476 e. The van der Waals surface area contributed by atoms with Gasteiger partial charge in [-0.1, -0.05) is 0 Å². The van der Waals surface area contributed by atoms with Crippen LogP contribution in [0.2, 0.25) is 0 Å². The van der Waals surface area contributed by atoms with Gasteiger partial charge in [0.05, 0.1) is 0 Å². The van der Waals surface area contributed by atoms with E-state index in [0.717, 1.165) is 11.3 Å². The van der Waals surface area contributed by atoms with Crippen molar-refractivity contribution >= 4 is 18.1 Å². The second-order valence-corrected chi connectivity index (χ2v) is 2.38. The first-order valence-corrected chi connectivity index (χ1v) is 3.69. The van der Waals surface area contributed by atoms with Crippen molar-refractivity contribution in [3.8, 4) is 0 Å². The van der Waals surface area contributed by atoms with Crippen LogP contribution < -0.4 is 17.0 Å². The van der Waals surface area contributed by atoms with Crippen LogP contribution >= 0.6 is 0 Å². The number of carboxylic acid groups (broad SMARTS) is 1. The van der Waals surface area contributed by atoms with E-state index in [9.17, 15) is 4.79 Å². The number of aromatic nitrogens is 2. The zero-order chi connectivity index (χ0) is 11.3. The molecule has 0 bridgehead atoms. The quantitative estimate of drug-likeness (QED) is 0.146. The summed E-state index contributed by atoms with van der Waals surface area (Å²) < 4.78 is 4.24. The summed E-state index contributed by atoms with van der Waals surface area (Å²) in [6.45, 7) is 0.0508. The van der Waals surface area contributed by atoms with E-state index in [1.807, 2.05) is 0 Å². The van der Waals surface area contributed by atoms with Crippen LogP contribution in [0, 0.1) is 0 Å². The molecule has 15 heavy (non-hydrogen) atoms. The third-order valence-corrected chi connectivity index (χ3v) is 1.34. The second kappa shape index (κ2) is 4.76. The summed E-state index contributed by atoms with van der Waals surface area (Å²) in [6, 6.07) is 0. The molecule has 1 aromatic heterocycles. The van der Waals surface area contributed by atoms with Crippen molar-refractivity contribution in [2.24, 2.45) is 16.8 Å². The van der Waals surface area contributed by atoms with Crippen LogP contribution in [0.5, 0.6) is 0 Å². The lowest BCUT2D eigenvalue weighted by Crippen LogP contribution is -2.35. The summed E-state index contributed by atoms with van der Waals surface area (Å²) in [5.41, 5.74) is -0.326. The van der Waals surface area contributed by atoms with E-state index in [4.69, 9.17) is 16.8 Å². The Morgan fingerprint density at radius 3 is 3.07 bits per heavy atom. The molecule has 0 aliphatic carbocycles. The van der Waals surface area contributed by atoms with Crippen LogP contribution in [0.3, 0.4) is 0 Å². The fraction of sp³-hybridized carbons (Fsp3) is 0.200. The number of hydrazone groups is 1. The zero-order valence-electron chi connectivity index (χ0n) is 7.49. The number of carbonyl (C=O) groups is 1. The monoisotopic (exact) mass is 215 g/mol. The van der Waals surface area contributed by atoms with Crippen molar-refractivity contribution in [2.75, 3.05) is 12.0 Å². The largest absolute Gasteiger partial charge is 0.476 e. The number of carboxylic acids is 1. The molecule has 6 N–H and O–H groups in total. The Balaban J connectivity index is 2.57. The number of nitrogens with one attached hydrogen (secondary N) is 1. The van der Waals surface area contributed by atoms with Gasteiger partial charge in [0, 0.05) is 0 Å². The fourth-order valence-electron chi connectivity index (χ4n) is 0.737. The van der Waals surface area contributed by atoms with E-state index in [-0.39, 0.29) is 18.2 Å². The molecule has 0 aliphatic heterocycles. The van der Waals surface area contributed by atoms with Gasteiger partial charge in [0.15, 0.2) is 0 Å². The second-order valence-electron chi connectivity index (χ2n) is 2.38. The van der Waals surface area contributed by atoms with E-state index in [2.05, 4.69) is 25.4 Å². The average molecular weight is 215 g/mol. The Morgan fingerprint density at radius 1 is 1.73 bits per heavy atom. The highest BCUT2D eigenvalue weighted by Crippen LogP contribution is 2.07. The van der Waals surface area contributed by atoms with Gasteiger partial charge in [-0.15, -0.1) is 0 Å². The number of anilines is 1. The third-order valence-electron chi connectivity index (χ3n) is 1.34. The molecule has 1 rings (SSSR count). The molecule has 0 saturated heterocycles. The van der Waals surface area contributed by atoms with Crippen LogP contribution in [0.15, 0.2) is 9.73 Å². The SMILES string of the molecule is N/N=C\N(N)CNc1nonc1C(=O)O. The van der Waals surface area contributed by atoms with E-state index in [1.54, 1.807) is 0 Å². The molecule has 82 valence electrons. The van der Waals surface area contributed by atoms with Crippen molar-refractivity contribution in [2.45, 2.75) is 0 Å². The molecule has 0 unspecified atom stereocenters. The number of aromatic carboxylic acids is 1. The van der Waals surface area contributed by atoms with Gasteiger partial charge in [0.1, 0.15) is 13.0 Å². The summed E-state index contributed by atoms with van der Waals surface area (Å²) >= 11 is 0. The van der Waals surface area contributed by atoms with Crippen LogP contribution in [0.25, 0.3) is 0 Å². The smallest absolute Gasteiger partial charge is 0.362 e. The molecule has 0 aliphatic rings.